The lowest BCUT2D eigenvalue weighted by Crippen LogP contribution is -2.29. The summed E-state index contributed by atoms with van der Waals surface area (Å²) in [4.78, 5) is 17.0. The zero-order chi connectivity index (χ0) is 13.8. The second-order valence-electron chi connectivity index (χ2n) is 4.47. The second-order valence-corrected chi connectivity index (χ2v) is 4.47. The Hall–Kier alpha value is -2.36. The summed E-state index contributed by atoms with van der Waals surface area (Å²) in [6, 6.07) is 11.2. The number of carboxylic acid groups (broad SMARTS) is 1. The minimum atomic E-state index is -0.976. The molecule has 1 heterocycles. The zero-order valence-electron chi connectivity index (χ0n) is 11.0. The second kappa shape index (κ2) is 5.52. The van der Waals surface area contributed by atoms with Gasteiger partial charge in [0.2, 0.25) is 0 Å². The van der Waals surface area contributed by atoms with Crippen LogP contribution in [0.5, 0.6) is 0 Å². The molecule has 0 aliphatic heterocycles. The van der Waals surface area contributed by atoms with Crippen LogP contribution in [0.3, 0.4) is 0 Å². The van der Waals surface area contributed by atoms with Crippen LogP contribution >= 0.6 is 0 Å². The van der Waals surface area contributed by atoms with Gasteiger partial charge in [0.1, 0.15) is 0 Å². The Labute approximate surface area is 112 Å². The molecule has 0 aliphatic carbocycles. The van der Waals surface area contributed by atoms with Crippen LogP contribution in [-0.2, 0) is 6.54 Å². The number of hydrogen-bond donors (Lipinski definition) is 1. The Morgan fingerprint density at radius 3 is 2.68 bits per heavy atom. The summed E-state index contributed by atoms with van der Waals surface area (Å²) in [5.41, 5.74) is 3.45. The molecule has 1 amide bonds. The van der Waals surface area contributed by atoms with E-state index in [0.29, 0.717) is 5.69 Å². The Balaban J connectivity index is 2.32. The van der Waals surface area contributed by atoms with E-state index in [1.807, 2.05) is 44.2 Å². The fraction of sp³-hybridized carbons (Fsp3) is 0.200. The Morgan fingerprint density at radius 2 is 2.05 bits per heavy atom. The van der Waals surface area contributed by atoms with E-state index < -0.39 is 6.09 Å². The molecular weight excluding hydrogens is 240 g/mol. The summed E-state index contributed by atoms with van der Waals surface area (Å²) in [6.45, 7) is 4.12. The summed E-state index contributed by atoms with van der Waals surface area (Å²) in [6.07, 6.45) is 0.703. The molecule has 0 atom stereocenters. The lowest BCUT2D eigenvalue weighted by Gasteiger charge is -2.20. The molecule has 1 aromatic heterocycles. The molecule has 2 rings (SSSR count). The van der Waals surface area contributed by atoms with Crippen molar-refractivity contribution in [3.63, 3.8) is 0 Å². The standard InChI is InChI=1S/C15H16N2O2/c1-11-5-3-7-13(9-11)17(15(18)19)10-14-12(2)6-4-8-16-14/h3-9H,10H2,1-2H3,(H,18,19). The maximum Gasteiger partial charge on any atom is 0.412 e. The van der Waals surface area contributed by atoms with Gasteiger partial charge in [0, 0.05) is 11.9 Å². The molecule has 0 fully saturated rings. The number of anilines is 1. The maximum absolute atomic E-state index is 11.4. The van der Waals surface area contributed by atoms with Crippen LogP contribution in [0, 0.1) is 13.8 Å². The average molecular weight is 256 g/mol. The van der Waals surface area contributed by atoms with Crippen molar-refractivity contribution < 1.29 is 9.90 Å². The van der Waals surface area contributed by atoms with Crippen molar-refractivity contribution in [2.45, 2.75) is 20.4 Å². The highest BCUT2D eigenvalue weighted by molar-refractivity contribution is 5.86. The molecule has 4 nitrogen and oxygen atoms in total. The third-order valence-corrected chi connectivity index (χ3v) is 2.97. The van der Waals surface area contributed by atoms with E-state index in [-0.39, 0.29) is 6.54 Å². The Bertz CT molecular complexity index is 596. The van der Waals surface area contributed by atoms with Crippen molar-refractivity contribution in [2.75, 3.05) is 4.90 Å². The van der Waals surface area contributed by atoms with Crippen LogP contribution in [0.4, 0.5) is 10.5 Å². The predicted molar refractivity (Wildman–Crippen MR) is 74.4 cm³/mol. The molecule has 4 heteroatoms. The van der Waals surface area contributed by atoms with Crippen LogP contribution in [0.15, 0.2) is 42.6 Å². The topological polar surface area (TPSA) is 53.4 Å². The molecule has 2 aromatic rings. The van der Waals surface area contributed by atoms with Gasteiger partial charge >= 0.3 is 6.09 Å². The van der Waals surface area contributed by atoms with Crippen LogP contribution in [0.1, 0.15) is 16.8 Å². The van der Waals surface area contributed by atoms with E-state index in [9.17, 15) is 9.90 Å². The van der Waals surface area contributed by atoms with Gasteiger partial charge in [0.15, 0.2) is 0 Å². The Morgan fingerprint density at radius 1 is 1.26 bits per heavy atom. The summed E-state index contributed by atoms with van der Waals surface area (Å²) in [7, 11) is 0. The largest absolute Gasteiger partial charge is 0.465 e. The number of rotatable bonds is 3. The number of nitrogens with zero attached hydrogens (tertiary/aromatic N) is 2. The fourth-order valence-corrected chi connectivity index (χ4v) is 1.90. The van der Waals surface area contributed by atoms with E-state index in [1.54, 1.807) is 12.3 Å². The molecule has 19 heavy (non-hydrogen) atoms. The fourth-order valence-electron chi connectivity index (χ4n) is 1.90. The normalized spacial score (nSPS) is 10.2. The van der Waals surface area contributed by atoms with Crippen molar-refractivity contribution in [3.8, 4) is 0 Å². The third kappa shape index (κ3) is 3.10. The number of aryl methyl sites for hydroxylation is 2. The first-order valence-corrected chi connectivity index (χ1v) is 6.05. The van der Waals surface area contributed by atoms with Crippen molar-refractivity contribution in [1.29, 1.82) is 0 Å². The average Bonchev–Trinajstić information content (AvgIpc) is 2.37. The van der Waals surface area contributed by atoms with Crippen molar-refractivity contribution in [2.24, 2.45) is 0 Å². The number of hydrogen-bond acceptors (Lipinski definition) is 2. The lowest BCUT2D eigenvalue weighted by molar-refractivity contribution is 0.201. The van der Waals surface area contributed by atoms with Crippen molar-refractivity contribution in [1.82, 2.24) is 4.98 Å². The van der Waals surface area contributed by atoms with E-state index in [1.165, 1.54) is 4.90 Å². The highest BCUT2D eigenvalue weighted by Gasteiger charge is 2.16. The van der Waals surface area contributed by atoms with Gasteiger partial charge < -0.3 is 5.11 Å². The number of pyridine rings is 1. The molecule has 0 bridgehead atoms. The highest BCUT2D eigenvalue weighted by Crippen LogP contribution is 2.19. The summed E-state index contributed by atoms with van der Waals surface area (Å²) >= 11 is 0. The zero-order valence-corrected chi connectivity index (χ0v) is 11.0. The number of aromatic nitrogens is 1. The van der Waals surface area contributed by atoms with Crippen LogP contribution in [-0.4, -0.2) is 16.2 Å². The molecule has 0 spiro atoms. The van der Waals surface area contributed by atoms with Crippen molar-refractivity contribution in [3.05, 3.63) is 59.4 Å². The first-order valence-electron chi connectivity index (χ1n) is 6.05. The van der Waals surface area contributed by atoms with Gasteiger partial charge in [-0.1, -0.05) is 18.2 Å². The van der Waals surface area contributed by atoms with Gasteiger partial charge in [0.05, 0.1) is 12.2 Å². The third-order valence-electron chi connectivity index (χ3n) is 2.97. The quantitative estimate of drug-likeness (QED) is 0.915. The smallest absolute Gasteiger partial charge is 0.412 e. The first-order chi connectivity index (χ1) is 9.08. The molecule has 0 aliphatic rings. The molecule has 0 saturated carbocycles. The van der Waals surface area contributed by atoms with Gasteiger partial charge in [-0.2, -0.15) is 0 Å². The van der Waals surface area contributed by atoms with E-state index in [4.69, 9.17) is 0 Å². The van der Waals surface area contributed by atoms with Gasteiger partial charge in [0.25, 0.3) is 0 Å². The van der Waals surface area contributed by atoms with E-state index in [0.717, 1.165) is 16.8 Å². The molecule has 1 N–H and O–H groups in total. The predicted octanol–water partition coefficient (Wildman–Crippen LogP) is 3.38. The molecule has 0 unspecified atom stereocenters. The molecule has 0 radical (unpaired) electrons. The van der Waals surface area contributed by atoms with Crippen LogP contribution < -0.4 is 4.90 Å². The summed E-state index contributed by atoms with van der Waals surface area (Å²) in [5, 5.41) is 9.37. The van der Waals surface area contributed by atoms with E-state index >= 15 is 0 Å². The van der Waals surface area contributed by atoms with Gasteiger partial charge in [-0.25, -0.2) is 4.79 Å². The summed E-state index contributed by atoms with van der Waals surface area (Å²) in [5.74, 6) is 0. The molecule has 0 saturated heterocycles. The molecule has 98 valence electrons. The number of carbonyl (C=O) groups is 1. The minimum Gasteiger partial charge on any atom is -0.465 e. The highest BCUT2D eigenvalue weighted by atomic mass is 16.4. The Kier molecular flexibility index (Phi) is 3.80. The SMILES string of the molecule is Cc1cccc(N(Cc2ncccc2C)C(=O)O)c1. The van der Waals surface area contributed by atoms with Gasteiger partial charge in [-0.15, -0.1) is 0 Å². The molecule has 1 aromatic carbocycles. The maximum atomic E-state index is 11.4. The number of amides is 1. The van der Waals surface area contributed by atoms with Crippen LogP contribution in [0.2, 0.25) is 0 Å². The minimum absolute atomic E-state index is 0.255. The van der Waals surface area contributed by atoms with Crippen molar-refractivity contribution >= 4 is 11.8 Å². The molecular formula is C15H16N2O2. The summed E-state index contributed by atoms with van der Waals surface area (Å²) < 4.78 is 0. The van der Waals surface area contributed by atoms with Gasteiger partial charge in [-0.05, 0) is 43.2 Å². The van der Waals surface area contributed by atoms with E-state index in [2.05, 4.69) is 4.98 Å². The monoisotopic (exact) mass is 256 g/mol. The first kappa shape index (κ1) is 13.1. The lowest BCUT2D eigenvalue weighted by atomic mass is 10.2. The van der Waals surface area contributed by atoms with Crippen LogP contribution in [0.25, 0.3) is 0 Å². The number of benzene rings is 1. The van der Waals surface area contributed by atoms with Gasteiger partial charge in [-0.3, -0.25) is 9.88 Å².